The zero-order chi connectivity index (χ0) is 9.14. The number of halogens is 4. The van der Waals surface area contributed by atoms with Crippen molar-refractivity contribution in [2.24, 2.45) is 0 Å². The maximum absolute atomic E-state index is 11.7. The van der Waals surface area contributed by atoms with Crippen LogP contribution in [0.25, 0.3) is 0 Å². The minimum Gasteiger partial charge on any atom is -0.415 e. The molecule has 0 atom stereocenters. The van der Waals surface area contributed by atoms with E-state index < -0.39 is 6.61 Å². The van der Waals surface area contributed by atoms with Gasteiger partial charge in [-0.2, -0.15) is 8.78 Å². The van der Waals surface area contributed by atoms with Crippen LogP contribution in [0.1, 0.15) is 0 Å². The molecule has 0 bridgehead atoms. The predicted octanol–water partition coefficient (Wildman–Crippen LogP) is 3.10. The summed E-state index contributed by atoms with van der Waals surface area (Å²) in [5, 5.41) is 0.0396. The first-order valence-electron chi connectivity index (χ1n) is 2.86. The number of nitrogens with zero attached hydrogens (tertiary/aromatic N) is 1. The number of pyridine rings is 1. The summed E-state index contributed by atoms with van der Waals surface area (Å²) in [7, 11) is 0. The monoisotopic (exact) mass is 257 g/mol. The second-order valence-electron chi connectivity index (χ2n) is 1.79. The number of alkyl halides is 2. The van der Waals surface area contributed by atoms with E-state index in [2.05, 4.69) is 25.7 Å². The molecule has 1 heterocycles. The molecule has 0 amide bonds. The molecule has 0 fully saturated rings. The van der Waals surface area contributed by atoms with Crippen LogP contribution in [0, 0.1) is 0 Å². The fraction of sp³-hybridized carbons (Fsp3) is 0.167. The maximum Gasteiger partial charge on any atom is 0.388 e. The van der Waals surface area contributed by atoms with Crippen LogP contribution in [0.3, 0.4) is 0 Å². The molecule has 12 heavy (non-hydrogen) atoms. The Kier molecular flexibility index (Phi) is 3.22. The Balaban J connectivity index is 2.92. The third kappa shape index (κ3) is 2.28. The molecule has 0 saturated carbocycles. The molecule has 0 radical (unpaired) electrons. The van der Waals surface area contributed by atoms with Crippen LogP contribution in [-0.4, -0.2) is 11.6 Å². The van der Waals surface area contributed by atoms with Gasteiger partial charge >= 0.3 is 6.61 Å². The standard InChI is InChI=1S/C6H3BrClF2NO/c7-3-1-2-11-5(4(3)8)12-6(9)10/h1-2,6H. The van der Waals surface area contributed by atoms with Crippen molar-refractivity contribution in [2.75, 3.05) is 0 Å². The molecule has 0 aliphatic heterocycles. The maximum atomic E-state index is 11.7. The molecule has 0 aromatic carbocycles. The van der Waals surface area contributed by atoms with Crippen LogP contribution < -0.4 is 4.74 Å². The van der Waals surface area contributed by atoms with Crippen LogP contribution >= 0.6 is 27.5 Å². The first-order valence-corrected chi connectivity index (χ1v) is 4.03. The van der Waals surface area contributed by atoms with Crippen LogP contribution in [0.15, 0.2) is 16.7 Å². The molecule has 1 aromatic rings. The minimum absolute atomic E-state index is 0.0396. The normalized spacial score (nSPS) is 10.4. The van der Waals surface area contributed by atoms with Crippen molar-refractivity contribution in [3.8, 4) is 5.88 Å². The molecule has 0 unspecified atom stereocenters. The van der Waals surface area contributed by atoms with E-state index >= 15 is 0 Å². The summed E-state index contributed by atoms with van der Waals surface area (Å²) in [5.41, 5.74) is 0. The molecule has 0 aliphatic carbocycles. The van der Waals surface area contributed by atoms with Crippen molar-refractivity contribution in [3.05, 3.63) is 21.8 Å². The Bertz CT molecular complexity index is 284. The molecular formula is C6H3BrClF2NO. The summed E-state index contributed by atoms with van der Waals surface area (Å²) >= 11 is 8.61. The van der Waals surface area contributed by atoms with E-state index in [0.717, 1.165) is 0 Å². The van der Waals surface area contributed by atoms with Crippen molar-refractivity contribution in [1.82, 2.24) is 4.98 Å². The molecule has 66 valence electrons. The van der Waals surface area contributed by atoms with E-state index in [1.54, 1.807) is 0 Å². The van der Waals surface area contributed by atoms with Gasteiger partial charge in [0.05, 0.1) is 0 Å². The highest BCUT2D eigenvalue weighted by atomic mass is 79.9. The number of ether oxygens (including phenoxy) is 1. The number of aromatic nitrogens is 1. The van der Waals surface area contributed by atoms with E-state index in [1.165, 1.54) is 12.3 Å². The van der Waals surface area contributed by atoms with Crippen LogP contribution in [0.4, 0.5) is 8.78 Å². The fourth-order valence-corrected chi connectivity index (χ4v) is 1.01. The van der Waals surface area contributed by atoms with Crippen molar-refractivity contribution in [1.29, 1.82) is 0 Å². The number of hydrogen-bond acceptors (Lipinski definition) is 2. The third-order valence-electron chi connectivity index (χ3n) is 1.01. The lowest BCUT2D eigenvalue weighted by Gasteiger charge is -2.04. The van der Waals surface area contributed by atoms with Crippen LogP contribution in [0.5, 0.6) is 5.88 Å². The largest absolute Gasteiger partial charge is 0.415 e. The minimum atomic E-state index is -2.91. The molecule has 0 N–H and O–H groups in total. The summed E-state index contributed by atoms with van der Waals surface area (Å²) < 4.78 is 27.9. The fourth-order valence-electron chi connectivity index (χ4n) is 0.569. The SMILES string of the molecule is FC(F)Oc1nccc(Br)c1Cl. The molecule has 0 saturated heterocycles. The van der Waals surface area contributed by atoms with Crippen molar-refractivity contribution >= 4 is 27.5 Å². The van der Waals surface area contributed by atoms with E-state index in [1.807, 2.05) is 0 Å². The molecule has 6 heteroatoms. The Hall–Kier alpha value is -0.420. The first kappa shape index (κ1) is 9.67. The van der Waals surface area contributed by atoms with Gasteiger partial charge in [-0.05, 0) is 22.0 Å². The van der Waals surface area contributed by atoms with E-state index in [9.17, 15) is 8.78 Å². The lowest BCUT2D eigenvalue weighted by atomic mass is 10.5. The average Bonchev–Trinajstić information content (AvgIpc) is 1.98. The zero-order valence-corrected chi connectivity index (χ0v) is 7.94. The zero-order valence-electron chi connectivity index (χ0n) is 5.60. The summed E-state index contributed by atoms with van der Waals surface area (Å²) in [6, 6.07) is 1.53. The third-order valence-corrected chi connectivity index (χ3v) is 2.27. The number of hydrogen-bond donors (Lipinski definition) is 0. The summed E-state index contributed by atoms with van der Waals surface area (Å²) in [5.74, 6) is -0.277. The van der Waals surface area contributed by atoms with Crippen LogP contribution in [-0.2, 0) is 0 Å². The van der Waals surface area contributed by atoms with Gasteiger partial charge in [0.2, 0.25) is 5.88 Å². The van der Waals surface area contributed by atoms with Gasteiger partial charge in [0, 0.05) is 10.7 Å². The van der Waals surface area contributed by atoms with Gasteiger partial charge < -0.3 is 4.74 Å². The highest BCUT2D eigenvalue weighted by molar-refractivity contribution is 9.10. The quantitative estimate of drug-likeness (QED) is 0.813. The van der Waals surface area contributed by atoms with E-state index in [4.69, 9.17) is 11.6 Å². The first-order chi connectivity index (χ1) is 5.61. The second kappa shape index (κ2) is 4.00. The Morgan fingerprint density at radius 3 is 2.83 bits per heavy atom. The van der Waals surface area contributed by atoms with Crippen molar-refractivity contribution in [2.45, 2.75) is 6.61 Å². The highest BCUT2D eigenvalue weighted by Crippen LogP contribution is 2.30. The molecule has 1 rings (SSSR count). The van der Waals surface area contributed by atoms with E-state index in [-0.39, 0.29) is 10.9 Å². The molecular weight excluding hydrogens is 255 g/mol. The van der Waals surface area contributed by atoms with Gasteiger partial charge in [-0.25, -0.2) is 4.98 Å². The summed E-state index contributed by atoms with van der Waals surface area (Å²) in [4.78, 5) is 3.52. The predicted molar refractivity (Wildman–Crippen MR) is 43.6 cm³/mol. The molecule has 0 aliphatic rings. The van der Waals surface area contributed by atoms with Crippen LogP contribution in [0.2, 0.25) is 5.02 Å². The van der Waals surface area contributed by atoms with E-state index in [0.29, 0.717) is 4.47 Å². The van der Waals surface area contributed by atoms with Crippen molar-refractivity contribution in [3.63, 3.8) is 0 Å². The Morgan fingerprint density at radius 1 is 1.58 bits per heavy atom. The molecule has 1 aromatic heterocycles. The lowest BCUT2D eigenvalue weighted by Crippen LogP contribution is -2.03. The topological polar surface area (TPSA) is 22.1 Å². The van der Waals surface area contributed by atoms with Gasteiger partial charge in [0.25, 0.3) is 0 Å². The molecule has 2 nitrogen and oxygen atoms in total. The molecule has 0 spiro atoms. The second-order valence-corrected chi connectivity index (χ2v) is 3.02. The highest BCUT2D eigenvalue weighted by Gasteiger charge is 2.11. The van der Waals surface area contributed by atoms with Gasteiger partial charge in [0.1, 0.15) is 5.02 Å². The lowest BCUT2D eigenvalue weighted by molar-refractivity contribution is -0.0528. The van der Waals surface area contributed by atoms with Crippen molar-refractivity contribution < 1.29 is 13.5 Å². The average molecular weight is 258 g/mol. The Labute approximate surface area is 80.6 Å². The summed E-state index contributed by atoms with van der Waals surface area (Å²) in [6.45, 7) is -2.91. The summed E-state index contributed by atoms with van der Waals surface area (Å²) in [6.07, 6.45) is 1.31. The van der Waals surface area contributed by atoms with Gasteiger partial charge in [-0.1, -0.05) is 11.6 Å². The smallest absolute Gasteiger partial charge is 0.388 e. The number of rotatable bonds is 2. The van der Waals surface area contributed by atoms with Gasteiger partial charge in [-0.3, -0.25) is 0 Å². The van der Waals surface area contributed by atoms with Gasteiger partial charge in [0.15, 0.2) is 0 Å². The van der Waals surface area contributed by atoms with Gasteiger partial charge in [-0.15, -0.1) is 0 Å². The Morgan fingerprint density at radius 2 is 2.25 bits per heavy atom.